The Balaban J connectivity index is 2.57. The minimum atomic E-state index is 0.188. The Morgan fingerprint density at radius 1 is 1.20 bits per heavy atom. The molecular formula is C17H26N2O. The maximum absolute atomic E-state index is 5.96. The summed E-state index contributed by atoms with van der Waals surface area (Å²) in [5, 5.41) is 1.23. The second-order valence-electron chi connectivity index (χ2n) is 6.12. The van der Waals surface area contributed by atoms with Gasteiger partial charge in [-0.15, -0.1) is 0 Å². The lowest BCUT2D eigenvalue weighted by molar-refractivity contribution is 0.243. The average molecular weight is 274 g/mol. The zero-order valence-electron chi connectivity index (χ0n) is 13.2. The van der Waals surface area contributed by atoms with Gasteiger partial charge in [-0.1, -0.05) is 13.8 Å². The SMILES string of the molecule is Cc1c(CN)c2cc(OC(C)C)ccc2n1CC(C)C. The van der Waals surface area contributed by atoms with Gasteiger partial charge in [-0.3, -0.25) is 0 Å². The molecule has 0 saturated heterocycles. The highest BCUT2D eigenvalue weighted by Gasteiger charge is 2.14. The Bertz CT molecular complexity index is 597. The average Bonchev–Trinajstić information content (AvgIpc) is 2.60. The molecule has 0 bridgehead atoms. The molecule has 0 saturated carbocycles. The fraction of sp³-hybridized carbons (Fsp3) is 0.529. The largest absolute Gasteiger partial charge is 0.491 e. The van der Waals surface area contributed by atoms with E-state index < -0.39 is 0 Å². The van der Waals surface area contributed by atoms with E-state index >= 15 is 0 Å². The molecule has 0 aliphatic heterocycles. The van der Waals surface area contributed by atoms with Gasteiger partial charge in [-0.2, -0.15) is 0 Å². The molecule has 1 heterocycles. The van der Waals surface area contributed by atoms with Crippen molar-refractivity contribution in [2.24, 2.45) is 11.7 Å². The van der Waals surface area contributed by atoms with Gasteiger partial charge in [0.25, 0.3) is 0 Å². The monoisotopic (exact) mass is 274 g/mol. The van der Waals surface area contributed by atoms with E-state index in [9.17, 15) is 0 Å². The predicted molar refractivity (Wildman–Crippen MR) is 85.2 cm³/mol. The first kappa shape index (κ1) is 14.9. The van der Waals surface area contributed by atoms with Crippen LogP contribution in [0, 0.1) is 12.8 Å². The van der Waals surface area contributed by atoms with Gasteiger partial charge >= 0.3 is 0 Å². The smallest absolute Gasteiger partial charge is 0.120 e. The van der Waals surface area contributed by atoms with E-state index in [1.807, 2.05) is 13.8 Å². The maximum atomic E-state index is 5.96. The number of aromatic nitrogens is 1. The summed E-state index contributed by atoms with van der Waals surface area (Å²) in [6.07, 6.45) is 0.188. The van der Waals surface area contributed by atoms with Crippen LogP contribution in [0.25, 0.3) is 10.9 Å². The molecule has 0 aliphatic rings. The highest BCUT2D eigenvalue weighted by molar-refractivity contribution is 5.87. The zero-order chi connectivity index (χ0) is 14.9. The van der Waals surface area contributed by atoms with Crippen molar-refractivity contribution < 1.29 is 4.74 Å². The van der Waals surface area contributed by atoms with Crippen molar-refractivity contribution in [2.75, 3.05) is 0 Å². The highest BCUT2D eigenvalue weighted by Crippen LogP contribution is 2.30. The Morgan fingerprint density at radius 3 is 2.45 bits per heavy atom. The van der Waals surface area contributed by atoms with Gasteiger partial charge in [0.2, 0.25) is 0 Å². The lowest BCUT2D eigenvalue weighted by atomic mass is 10.1. The number of rotatable bonds is 5. The summed E-state index contributed by atoms with van der Waals surface area (Å²) in [4.78, 5) is 0. The summed E-state index contributed by atoms with van der Waals surface area (Å²) in [6.45, 7) is 12.3. The van der Waals surface area contributed by atoms with Crippen LogP contribution >= 0.6 is 0 Å². The Morgan fingerprint density at radius 2 is 1.90 bits per heavy atom. The molecule has 1 aromatic carbocycles. The van der Waals surface area contributed by atoms with E-state index in [2.05, 4.69) is 43.5 Å². The first-order chi connectivity index (χ1) is 9.43. The summed E-state index contributed by atoms with van der Waals surface area (Å²) < 4.78 is 8.18. The van der Waals surface area contributed by atoms with Crippen molar-refractivity contribution in [3.8, 4) is 5.75 Å². The van der Waals surface area contributed by atoms with E-state index in [1.165, 1.54) is 22.2 Å². The Kier molecular flexibility index (Phi) is 4.39. The molecule has 2 rings (SSSR count). The zero-order valence-corrected chi connectivity index (χ0v) is 13.2. The number of nitrogens with two attached hydrogens (primary N) is 1. The molecule has 0 amide bonds. The topological polar surface area (TPSA) is 40.2 Å². The Hall–Kier alpha value is -1.48. The molecule has 2 aromatic rings. The van der Waals surface area contributed by atoms with Crippen molar-refractivity contribution in [2.45, 2.75) is 53.8 Å². The third-order valence-corrected chi connectivity index (χ3v) is 3.55. The van der Waals surface area contributed by atoms with Crippen molar-refractivity contribution in [1.82, 2.24) is 4.57 Å². The molecule has 110 valence electrons. The van der Waals surface area contributed by atoms with Crippen LogP contribution in [-0.2, 0) is 13.1 Å². The van der Waals surface area contributed by atoms with Crippen LogP contribution < -0.4 is 10.5 Å². The Labute approximate surface area is 121 Å². The molecule has 3 heteroatoms. The second kappa shape index (κ2) is 5.88. The number of benzene rings is 1. The second-order valence-corrected chi connectivity index (χ2v) is 6.12. The van der Waals surface area contributed by atoms with Crippen LogP contribution in [0.5, 0.6) is 5.75 Å². The number of nitrogens with zero attached hydrogens (tertiary/aromatic N) is 1. The molecular weight excluding hydrogens is 248 g/mol. The highest BCUT2D eigenvalue weighted by atomic mass is 16.5. The van der Waals surface area contributed by atoms with Gasteiger partial charge in [0.05, 0.1) is 6.10 Å². The van der Waals surface area contributed by atoms with Crippen LogP contribution in [0.4, 0.5) is 0 Å². The molecule has 20 heavy (non-hydrogen) atoms. The van der Waals surface area contributed by atoms with Gasteiger partial charge in [0, 0.05) is 29.7 Å². The van der Waals surface area contributed by atoms with Crippen LogP contribution in [0.2, 0.25) is 0 Å². The predicted octanol–water partition coefficient (Wildman–Crippen LogP) is 3.85. The van der Waals surface area contributed by atoms with Crippen LogP contribution in [-0.4, -0.2) is 10.7 Å². The normalized spacial score (nSPS) is 11.8. The van der Waals surface area contributed by atoms with Crippen molar-refractivity contribution in [1.29, 1.82) is 0 Å². The number of ether oxygens (including phenoxy) is 1. The van der Waals surface area contributed by atoms with Crippen molar-refractivity contribution in [3.63, 3.8) is 0 Å². The lowest BCUT2D eigenvalue weighted by Gasteiger charge is -2.12. The van der Waals surface area contributed by atoms with Crippen molar-refractivity contribution >= 4 is 10.9 Å². The fourth-order valence-corrected chi connectivity index (χ4v) is 2.73. The summed E-state index contributed by atoms with van der Waals surface area (Å²) in [5.74, 6) is 1.53. The number of hydrogen-bond acceptors (Lipinski definition) is 2. The first-order valence-electron chi connectivity index (χ1n) is 7.42. The fourth-order valence-electron chi connectivity index (χ4n) is 2.73. The molecule has 3 nitrogen and oxygen atoms in total. The van der Waals surface area contributed by atoms with Crippen LogP contribution in [0.15, 0.2) is 18.2 Å². The van der Waals surface area contributed by atoms with E-state index in [4.69, 9.17) is 10.5 Å². The van der Waals surface area contributed by atoms with Crippen LogP contribution in [0.1, 0.15) is 39.0 Å². The van der Waals surface area contributed by atoms with Gasteiger partial charge in [-0.25, -0.2) is 0 Å². The van der Waals surface area contributed by atoms with E-state index in [-0.39, 0.29) is 6.10 Å². The molecule has 0 unspecified atom stereocenters. The molecule has 0 spiro atoms. The summed E-state index contributed by atoms with van der Waals surface area (Å²) >= 11 is 0. The minimum Gasteiger partial charge on any atom is -0.491 e. The first-order valence-corrected chi connectivity index (χ1v) is 7.42. The number of hydrogen-bond donors (Lipinski definition) is 1. The molecule has 0 aliphatic carbocycles. The van der Waals surface area contributed by atoms with Crippen molar-refractivity contribution in [3.05, 3.63) is 29.5 Å². The van der Waals surface area contributed by atoms with Gasteiger partial charge in [0.1, 0.15) is 5.75 Å². The molecule has 0 radical (unpaired) electrons. The third-order valence-electron chi connectivity index (χ3n) is 3.55. The van der Waals surface area contributed by atoms with E-state index in [0.29, 0.717) is 12.5 Å². The van der Waals surface area contributed by atoms with Gasteiger partial charge in [0.15, 0.2) is 0 Å². The van der Waals surface area contributed by atoms with Gasteiger partial charge in [-0.05, 0) is 50.5 Å². The lowest BCUT2D eigenvalue weighted by Crippen LogP contribution is -2.07. The van der Waals surface area contributed by atoms with Crippen LogP contribution in [0.3, 0.4) is 0 Å². The summed E-state index contributed by atoms with van der Waals surface area (Å²) in [6, 6.07) is 6.34. The van der Waals surface area contributed by atoms with Gasteiger partial charge < -0.3 is 15.0 Å². The maximum Gasteiger partial charge on any atom is 0.120 e. The third kappa shape index (κ3) is 2.83. The van der Waals surface area contributed by atoms with E-state index in [1.54, 1.807) is 0 Å². The molecule has 0 fully saturated rings. The molecule has 0 atom stereocenters. The number of fused-ring (bicyclic) bond motifs is 1. The quantitative estimate of drug-likeness (QED) is 0.899. The molecule has 1 aromatic heterocycles. The minimum absolute atomic E-state index is 0.188. The summed E-state index contributed by atoms with van der Waals surface area (Å²) in [7, 11) is 0. The molecule has 2 N–H and O–H groups in total. The standard InChI is InChI=1S/C17H26N2O/c1-11(2)10-19-13(5)16(9-18)15-8-14(20-12(3)4)6-7-17(15)19/h6-8,11-12H,9-10,18H2,1-5H3. The summed E-state index contributed by atoms with van der Waals surface area (Å²) in [5.41, 5.74) is 9.72. The van der Waals surface area contributed by atoms with E-state index in [0.717, 1.165) is 12.3 Å².